The van der Waals surface area contributed by atoms with Crippen molar-refractivity contribution in [2.75, 3.05) is 4.90 Å². The number of benzene rings is 2. The van der Waals surface area contributed by atoms with Crippen LogP contribution in [0.5, 0.6) is 5.75 Å². The molecular formula is C18H16N4O3. The zero-order chi connectivity index (χ0) is 17.8. The highest BCUT2D eigenvalue weighted by Gasteiger charge is 2.12. The van der Waals surface area contributed by atoms with Gasteiger partial charge in [0.1, 0.15) is 17.5 Å². The standard InChI is InChI=1S/C18H16N4O3/c19-17-3-1-2-10-22(17)14-7-4-12(5-8-14)20-21-13-6-9-16(23)15(11-13)18(24)25/h1-11,17,23H,19H2,(H,24,25). The van der Waals surface area contributed by atoms with Crippen LogP contribution in [0.15, 0.2) is 77.1 Å². The van der Waals surface area contributed by atoms with Crippen molar-refractivity contribution in [3.63, 3.8) is 0 Å². The van der Waals surface area contributed by atoms with Gasteiger partial charge < -0.3 is 20.8 Å². The van der Waals surface area contributed by atoms with Gasteiger partial charge in [-0.15, -0.1) is 0 Å². The van der Waals surface area contributed by atoms with Gasteiger partial charge in [0.25, 0.3) is 0 Å². The van der Waals surface area contributed by atoms with Crippen LogP contribution in [0, 0.1) is 0 Å². The lowest BCUT2D eigenvalue weighted by Gasteiger charge is -2.27. The summed E-state index contributed by atoms with van der Waals surface area (Å²) < 4.78 is 0. The number of aromatic hydroxyl groups is 1. The molecule has 0 fully saturated rings. The van der Waals surface area contributed by atoms with Gasteiger partial charge in [0, 0.05) is 11.9 Å². The molecule has 0 radical (unpaired) electrons. The van der Waals surface area contributed by atoms with Crippen LogP contribution < -0.4 is 10.6 Å². The van der Waals surface area contributed by atoms with Gasteiger partial charge in [0.2, 0.25) is 0 Å². The summed E-state index contributed by atoms with van der Waals surface area (Å²) in [5, 5.41) is 26.6. The summed E-state index contributed by atoms with van der Waals surface area (Å²) in [5.74, 6) is -1.53. The van der Waals surface area contributed by atoms with Crippen molar-refractivity contribution in [3.05, 3.63) is 72.5 Å². The van der Waals surface area contributed by atoms with Crippen molar-refractivity contribution in [3.8, 4) is 5.75 Å². The largest absolute Gasteiger partial charge is 0.507 e. The maximum atomic E-state index is 11.0. The third kappa shape index (κ3) is 3.73. The molecule has 0 amide bonds. The Morgan fingerprint density at radius 1 is 1.04 bits per heavy atom. The predicted molar refractivity (Wildman–Crippen MR) is 94.4 cm³/mol. The zero-order valence-corrected chi connectivity index (χ0v) is 13.1. The molecule has 7 nitrogen and oxygen atoms in total. The van der Waals surface area contributed by atoms with E-state index in [1.54, 1.807) is 12.1 Å². The number of allylic oxidation sites excluding steroid dienone is 2. The lowest BCUT2D eigenvalue weighted by atomic mass is 10.2. The van der Waals surface area contributed by atoms with E-state index in [9.17, 15) is 9.90 Å². The SMILES string of the molecule is NC1C=CC=CN1c1ccc(N=Nc2ccc(O)c(C(=O)O)c2)cc1. The van der Waals surface area contributed by atoms with Gasteiger partial charge in [-0.2, -0.15) is 10.2 Å². The molecule has 3 rings (SSSR count). The first-order valence-electron chi connectivity index (χ1n) is 7.51. The van der Waals surface area contributed by atoms with Crippen molar-refractivity contribution < 1.29 is 15.0 Å². The average Bonchev–Trinajstić information content (AvgIpc) is 2.62. The fraction of sp³-hybridized carbons (Fsp3) is 0.0556. The Labute approximate surface area is 144 Å². The van der Waals surface area contributed by atoms with Crippen LogP contribution >= 0.6 is 0 Å². The van der Waals surface area contributed by atoms with Crippen LogP contribution in [0.1, 0.15) is 10.4 Å². The minimum absolute atomic E-state index is 0.217. The van der Waals surface area contributed by atoms with Gasteiger partial charge in [-0.3, -0.25) is 0 Å². The number of carboxylic acid groups (broad SMARTS) is 1. The number of hydrogen-bond donors (Lipinski definition) is 3. The molecule has 2 aromatic carbocycles. The van der Waals surface area contributed by atoms with E-state index in [1.807, 2.05) is 41.5 Å². The van der Waals surface area contributed by atoms with Crippen molar-refractivity contribution >= 4 is 23.0 Å². The van der Waals surface area contributed by atoms with E-state index in [4.69, 9.17) is 10.8 Å². The molecule has 1 unspecified atom stereocenters. The van der Waals surface area contributed by atoms with Crippen LogP contribution in [0.3, 0.4) is 0 Å². The van der Waals surface area contributed by atoms with Gasteiger partial charge in [-0.05, 0) is 54.6 Å². The van der Waals surface area contributed by atoms with E-state index >= 15 is 0 Å². The van der Waals surface area contributed by atoms with Crippen LogP contribution in [0.4, 0.5) is 17.1 Å². The monoisotopic (exact) mass is 336 g/mol. The lowest BCUT2D eigenvalue weighted by molar-refractivity contribution is 0.0694. The van der Waals surface area contributed by atoms with Crippen LogP contribution in [0.25, 0.3) is 0 Å². The molecule has 1 heterocycles. The predicted octanol–water partition coefficient (Wildman–Crippen LogP) is 3.68. The number of carbonyl (C=O) groups is 1. The van der Waals surface area contributed by atoms with E-state index in [0.717, 1.165) is 5.69 Å². The van der Waals surface area contributed by atoms with Gasteiger partial charge in [0.15, 0.2) is 0 Å². The highest BCUT2D eigenvalue weighted by atomic mass is 16.4. The molecule has 0 spiro atoms. The maximum Gasteiger partial charge on any atom is 0.339 e. The molecule has 0 saturated carbocycles. The summed E-state index contributed by atoms with van der Waals surface area (Å²) in [6.45, 7) is 0. The molecule has 1 aliphatic rings. The number of rotatable bonds is 4. The number of aromatic carboxylic acids is 1. The van der Waals surface area contributed by atoms with Crippen LogP contribution in [0.2, 0.25) is 0 Å². The summed E-state index contributed by atoms with van der Waals surface area (Å²) in [5.41, 5.74) is 7.66. The molecule has 1 aliphatic heterocycles. The molecule has 2 aromatic rings. The quantitative estimate of drug-likeness (QED) is 0.737. The van der Waals surface area contributed by atoms with E-state index in [0.29, 0.717) is 11.4 Å². The highest BCUT2D eigenvalue weighted by Crippen LogP contribution is 2.26. The lowest BCUT2D eigenvalue weighted by Crippen LogP contribution is -2.37. The summed E-state index contributed by atoms with van der Waals surface area (Å²) >= 11 is 0. The van der Waals surface area contributed by atoms with E-state index in [-0.39, 0.29) is 17.5 Å². The molecule has 4 N–H and O–H groups in total. The van der Waals surface area contributed by atoms with Crippen molar-refractivity contribution in [1.29, 1.82) is 0 Å². The fourth-order valence-electron chi connectivity index (χ4n) is 2.34. The van der Waals surface area contributed by atoms with Gasteiger partial charge in [-0.1, -0.05) is 6.08 Å². The summed E-state index contributed by atoms with van der Waals surface area (Å²) in [6, 6.07) is 11.3. The van der Waals surface area contributed by atoms with Crippen LogP contribution in [-0.4, -0.2) is 22.3 Å². The van der Waals surface area contributed by atoms with E-state index < -0.39 is 5.97 Å². The number of azo groups is 1. The minimum atomic E-state index is -1.22. The van der Waals surface area contributed by atoms with Gasteiger partial charge >= 0.3 is 5.97 Å². The van der Waals surface area contributed by atoms with E-state index in [2.05, 4.69) is 10.2 Å². The minimum Gasteiger partial charge on any atom is -0.507 e. The number of phenols is 1. The first-order chi connectivity index (χ1) is 12.0. The Morgan fingerprint density at radius 2 is 1.72 bits per heavy atom. The number of carboxylic acids is 1. The Bertz CT molecular complexity index is 872. The maximum absolute atomic E-state index is 11.0. The summed E-state index contributed by atoms with van der Waals surface area (Å²) in [7, 11) is 0. The second kappa shape index (κ2) is 6.98. The van der Waals surface area contributed by atoms with Crippen LogP contribution in [-0.2, 0) is 0 Å². The Hall–Kier alpha value is -3.45. The average molecular weight is 336 g/mol. The molecule has 0 saturated heterocycles. The second-order valence-electron chi connectivity index (χ2n) is 5.35. The summed E-state index contributed by atoms with van der Waals surface area (Å²) in [6.07, 6.45) is 7.36. The summed E-state index contributed by atoms with van der Waals surface area (Å²) in [4.78, 5) is 12.9. The van der Waals surface area contributed by atoms with Gasteiger partial charge in [-0.25, -0.2) is 4.79 Å². The van der Waals surface area contributed by atoms with Crippen molar-refractivity contribution in [2.45, 2.75) is 6.17 Å². The molecule has 126 valence electrons. The smallest absolute Gasteiger partial charge is 0.339 e. The normalized spacial score (nSPS) is 16.5. The number of hydrogen-bond acceptors (Lipinski definition) is 6. The third-order valence-corrected chi connectivity index (χ3v) is 3.63. The molecule has 0 aliphatic carbocycles. The Balaban J connectivity index is 1.76. The Morgan fingerprint density at radius 3 is 2.40 bits per heavy atom. The topological polar surface area (TPSA) is 112 Å². The van der Waals surface area contributed by atoms with E-state index in [1.165, 1.54) is 18.2 Å². The highest BCUT2D eigenvalue weighted by molar-refractivity contribution is 5.91. The molecule has 7 heteroatoms. The first-order valence-corrected chi connectivity index (χ1v) is 7.51. The zero-order valence-electron chi connectivity index (χ0n) is 13.1. The van der Waals surface area contributed by atoms with Crippen molar-refractivity contribution in [1.82, 2.24) is 0 Å². The first kappa shape index (κ1) is 16.4. The van der Waals surface area contributed by atoms with Crippen molar-refractivity contribution in [2.24, 2.45) is 16.0 Å². The molecular weight excluding hydrogens is 320 g/mol. The number of anilines is 1. The Kier molecular flexibility index (Phi) is 4.58. The third-order valence-electron chi connectivity index (χ3n) is 3.63. The number of nitrogens with two attached hydrogens (primary N) is 1. The van der Waals surface area contributed by atoms with Gasteiger partial charge in [0.05, 0.1) is 11.4 Å². The molecule has 0 aromatic heterocycles. The fourth-order valence-corrected chi connectivity index (χ4v) is 2.34. The molecule has 25 heavy (non-hydrogen) atoms. The molecule has 1 atom stereocenters. The number of nitrogens with zero attached hydrogens (tertiary/aromatic N) is 3. The second-order valence-corrected chi connectivity index (χ2v) is 5.35. The molecule has 0 bridgehead atoms.